The van der Waals surface area contributed by atoms with Gasteiger partial charge in [0.1, 0.15) is 0 Å². The highest BCUT2D eigenvalue weighted by atomic mass is 35.5. The van der Waals surface area contributed by atoms with Gasteiger partial charge in [-0.3, -0.25) is 4.79 Å². The normalized spacial score (nSPS) is 18.3. The topological polar surface area (TPSA) is 43.4 Å². The van der Waals surface area contributed by atoms with Crippen molar-refractivity contribution in [3.8, 4) is 0 Å². The molecule has 0 aliphatic carbocycles. The zero-order chi connectivity index (χ0) is 11.2. The summed E-state index contributed by atoms with van der Waals surface area (Å²) in [6, 6.07) is 4.87. The molecule has 0 aromatic heterocycles. The molecule has 0 fully saturated rings. The van der Waals surface area contributed by atoms with Gasteiger partial charge in [-0.25, -0.2) is 4.79 Å². The Kier molecular flexibility index (Phi) is 2.08. The lowest BCUT2D eigenvalue weighted by atomic mass is 9.80. The number of cyclic esters (lactones) is 2. The van der Waals surface area contributed by atoms with Crippen LogP contribution in [0, 0.1) is 0 Å². The highest BCUT2D eigenvalue weighted by molar-refractivity contribution is 6.31. The van der Waals surface area contributed by atoms with E-state index < -0.39 is 17.4 Å². The van der Waals surface area contributed by atoms with Crippen LogP contribution < -0.4 is 0 Å². The van der Waals surface area contributed by atoms with E-state index in [4.69, 9.17) is 11.6 Å². The van der Waals surface area contributed by atoms with Gasteiger partial charge in [-0.15, -0.1) is 0 Å². The molecule has 1 heterocycles. The molecule has 0 N–H and O–H groups in total. The Bertz CT molecular complexity index is 463. The summed E-state index contributed by atoms with van der Waals surface area (Å²) in [5.41, 5.74) is 0.230. The van der Waals surface area contributed by atoms with Crippen LogP contribution in [0.25, 0.3) is 0 Å². The fourth-order valence-corrected chi connectivity index (χ4v) is 1.78. The number of ether oxygens (including phenoxy) is 1. The summed E-state index contributed by atoms with van der Waals surface area (Å²) in [4.78, 5) is 22.9. The van der Waals surface area contributed by atoms with Crippen LogP contribution in [0.2, 0.25) is 5.02 Å². The summed E-state index contributed by atoms with van der Waals surface area (Å²) in [6.45, 7) is 3.43. The van der Waals surface area contributed by atoms with E-state index in [9.17, 15) is 9.59 Å². The number of hydrogen-bond donors (Lipinski definition) is 0. The molecule has 0 saturated carbocycles. The quantitative estimate of drug-likeness (QED) is 0.502. The fraction of sp³-hybridized carbons (Fsp3) is 0.273. The Balaban J connectivity index is 2.70. The van der Waals surface area contributed by atoms with Gasteiger partial charge in [0.05, 0.1) is 11.0 Å². The molecule has 1 aliphatic heterocycles. The number of rotatable bonds is 0. The minimum atomic E-state index is -0.798. The van der Waals surface area contributed by atoms with Crippen LogP contribution in [0.5, 0.6) is 0 Å². The lowest BCUT2D eigenvalue weighted by Gasteiger charge is -2.28. The van der Waals surface area contributed by atoms with Crippen LogP contribution in [0.15, 0.2) is 18.2 Å². The number of benzene rings is 1. The van der Waals surface area contributed by atoms with Gasteiger partial charge in [-0.2, -0.15) is 0 Å². The van der Waals surface area contributed by atoms with Crippen molar-refractivity contribution in [1.29, 1.82) is 0 Å². The molecule has 1 aromatic carbocycles. The van der Waals surface area contributed by atoms with E-state index in [2.05, 4.69) is 4.74 Å². The maximum absolute atomic E-state index is 11.5. The average molecular weight is 225 g/mol. The molecule has 78 valence electrons. The monoisotopic (exact) mass is 224 g/mol. The van der Waals surface area contributed by atoms with Crippen molar-refractivity contribution in [2.45, 2.75) is 19.3 Å². The van der Waals surface area contributed by atoms with Gasteiger partial charge in [0.25, 0.3) is 0 Å². The molecule has 0 spiro atoms. The second kappa shape index (κ2) is 3.07. The first-order valence-corrected chi connectivity index (χ1v) is 4.87. The molecular weight excluding hydrogens is 216 g/mol. The van der Waals surface area contributed by atoms with Crippen LogP contribution in [0.3, 0.4) is 0 Å². The van der Waals surface area contributed by atoms with Crippen molar-refractivity contribution < 1.29 is 14.3 Å². The van der Waals surface area contributed by atoms with Gasteiger partial charge >= 0.3 is 11.9 Å². The Morgan fingerprint density at radius 1 is 1.27 bits per heavy atom. The predicted octanol–water partition coefficient (Wildman–Crippen LogP) is 2.31. The lowest BCUT2D eigenvalue weighted by Crippen LogP contribution is -2.39. The standard InChI is InChI=1S/C11H9ClO3/c1-11(2)8-4-3-6(12)5-7(8)9(13)15-10(11)14/h3-5H,1-2H3. The van der Waals surface area contributed by atoms with Gasteiger partial charge in [-0.05, 0) is 31.5 Å². The largest absolute Gasteiger partial charge is 0.389 e. The van der Waals surface area contributed by atoms with Crippen LogP contribution >= 0.6 is 11.6 Å². The molecule has 0 radical (unpaired) electrons. The summed E-state index contributed by atoms with van der Waals surface area (Å²) >= 11 is 5.78. The maximum Gasteiger partial charge on any atom is 0.346 e. The minimum absolute atomic E-state index is 0.368. The second-order valence-corrected chi connectivity index (χ2v) is 4.43. The van der Waals surface area contributed by atoms with Crippen molar-refractivity contribution in [2.24, 2.45) is 0 Å². The second-order valence-electron chi connectivity index (χ2n) is 3.99. The van der Waals surface area contributed by atoms with Crippen molar-refractivity contribution in [3.63, 3.8) is 0 Å². The third kappa shape index (κ3) is 1.43. The molecule has 2 rings (SSSR count). The van der Waals surface area contributed by atoms with Gasteiger partial charge in [0, 0.05) is 5.02 Å². The molecule has 1 aliphatic rings. The van der Waals surface area contributed by atoms with Crippen LogP contribution in [0.4, 0.5) is 0 Å². The summed E-state index contributed by atoms with van der Waals surface area (Å²) < 4.78 is 4.65. The van der Waals surface area contributed by atoms with Crippen molar-refractivity contribution in [2.75, 3.05) is 0 Å². The molecule has 15 heavy (non-hydrogen) atoms. The Morgan fingerprint density at radius 3 is 2.60 bits per heavy atom. The fourth-order valence-electron chi connectivity index (χ4n) is 1.61. The number of fused-ring (bicyclic) bond motifs is 1. The average Bonchev–Trinajstić information content (AvgIpc) is 2.15. The molecule has 3 nitrogen and oxygen atoms in total. The smallest absolute Gasteiger partial charge is 0.346 e. The maximum atomic E-state index is 11.5. The van der Waals surface area contributed by atoms with Crippen molar-refractivity contribution >= 4 is 23.5 Å². The third-order valence-electron chi connectivity index (χ3n) is 2.57. The molecule has 0 atom stereocenters. The summed E-state index contributed by atoms with van der Waals surface area (Å²) in [7, 11) is 0. The van der Waals surface area contributed by atoms with Crippen molar-refractivity contribution in [1.82, 2.24) is 0 Å². The van der Waals surface area contributed by atoms with E-state index in [1.807, 2.05) is 0 Å². The van der Waals surface area contributed by atoms with E-state index in [1.54, 1.807) is 26.0 Å². The highest BCUT2D eigenvalue weighted by Crippen LogP contribution is 2.34. The number of carbonyl (C=O) groups excluding carboxylic acids is 2. The number of esters is 2. The van der Waals surface area contributed by atoms with Gasteiger partial charge < -0.3 is 4.74 Å². The van der Waals surface area contributed by atoms with E-state index in [0.29, 0.717) is 16.1 Å². The zero-order valence-corrected chi connectivity index (χ0v) is 9.09. The molecule has 4 heteroatoms. The summed E-state index contributed by atoms with van der Waals surface area (Å²) in [6.07, 6.45) is 0. The van der Waals surface area contributed by atoms with E-state index in [-0.39, 0.29) is 0 Å². The Labute approximate surface area is 92.0 Å². The first-order valence-electron chi connectivity index (χ1n) is 4.49. The first-order chi connectivity index (χ1) is 6.93. The molecule has 0 amide bonds. The van der Waals surface area contributed by atoms with Crippen LogP contribution in [-0.2, 0) is 14.9 Å². The lowest BCUT2D eigenvalue weighted by molar-refractivity contribution is -0.144. The van der Waals surface area contributed by atoms with E-state index in [1.165, 1.54) is 6.07 Å². The minimum Gasteiger partial charge on any atom is -0.389 e. The Hall–Kier alpha value is -1.35. The van der Waals surface area contributed by atoms with E-state index in [0.717, 1.165) is 0 Å². The van der Waals surface area contributed by atoms with Crippen molar-refractivity contribution in [3.05, 3.63) is 34.3 Å². The van der Waals surface area contributed by atoms with Gasteiger partial charge in [0.15, 0.2) is 0 Å². The molecule has 0 unspecified atom stereocenters. The number of halogens is 1. The SMILES string of the molecule is CC1(C)C(=O)OC(=O)c2cc(Cl)ccc21. The summed E-state index contributed by atoms with van der Waals surface area (Å²) in [5, 5.41) is 0.454. The summed E-state index contributed by atoms with van der Waals surface area (Å²) in [5.74, 6) is -1.15. The zero-order valence-electron chi connectivity index (χ0n) is 8.33. The molecule has 1 aromatic rings. The van der Waals surface area contributed by atoms with Gasteiger partial charge in [-0.1, -0.05) is 17.7 Å². The molecular formula is C11H9ClO3. The van der Waals surface area contributed by atoms with Gasteiger partial charge in [0.2, 0.25) is 0 Å². The van der Waals surface area contributed by atoms with Crippen LogP contribution in [-0.4, -0.2) is 11.9 Å². The predicted molar refractivity (Wildman–Crippen MR) is 54.9 cm³/mol. The molecule has 0 saturated heterocycles. The van der Waals surface area contributed by atoms with Crippen LogP contribution in [0.1, 0.15) is 29.8 Å². The third-order valence-corrected chi connectivity index (χ3v) is 2.81. The number of hydrogen-bond acceptors (Lipinski definition) is 3. The Morgan fingerprint density at radius 2 is 1.93 bits per heavy atom. The first kappa shape index (κ1) is 10.2. The highest BCUT2D eigenvalue weighted by Gasteiger charge is 2.41. The van der Waals surface area contributed by atoms with E-state index >= 15 is 0 Å². The molecule has 0 bridgehead atoms. The number of carbonyl (C=O) groups is 2.